The molecule has 1 fully saturated rings. The summed E-state index contributed by atoms with van der Waals surface area (Å²) < 4.78 is 5.45. The summed E-state index contributed by atoms with van der Waals surface area (Å²) in [5.74, 6) is 0.402. The molecule has 7 nitrogen and oxygen atoms in total. The van der Waals surface area contributed by atoms with E-state index >= 15 is 0 Å². The fourth-order valence-electron chi connectivity index (χ4n) is 2.89. The number of ether oxygens (including phenoxy) is 1. The molecule has 1 aliphatic heterocycles. The van der Waals surface area contributed by atoms with E-state index in [1.165, 1.54) is 18.3 Å². The molecule has 0 radical (unpaired) electrons. The second-order valence-electron chi connectivity index (χ2n) is 5.68. The van der Waals surface area contributed by atoms with Crippen molar-refractivity contribution in [2.24, 2.45) is 0 Å². The van der Waals surface area contributed by atoms with Crippen molar-refractivity contribution in [3.63, 3.8) is 0 Å². The average molecular weight is 360 g/mol. The van der Waals surface area contributed by atoms with Crippen LogP contribution in [0.3, 0.4) is 0 Å². The molecule has 25 heavy (non-hydrogen) atoms. The number of anilines is 1. The van der Waals surface area contributed by atoms with Crippen molar-refractivity contribution in [3.8, 4) is 5.75 Å². The predicted octanol–water partition coefficient (Wildman–Crippen LogP) is 1.90. The highest BCUT2D eigenvalue weighted by molar-refractivity contribution is 7.14. The Kier molecular flexibility index (Phi) is 5.30. The third kappa shape index (κ3) is 3.80. The Morgan fingerprint density at radius 1 is 1.40 bits per heavy atom. The highest BCUT2D eigenvalue weighted by Gasteiger charge is 2.31. The number of piperazine rings is 1. The van der Waals surface area contributed by atoms with E-state index in [1.54, 1.807) is 17.4 Å². The molecule has 8 heteroatoms. The number of carbonyl (C=O) groups is 2. The minimum Gasteiger partial charge on any atom is -0.496 e. The molecule has 2 N–H and O–H groups in total. The van der Waals surface area contributed by atoms with E-state index in [4.69, 9.17) is 4.74 Å². The molecule has 2 heterocycles. The maximum Gasteiger partial charge on any atom is 0.274 e. The van der Waals surface area contributed by atoms with E-state index in [1.807, 2.05) is 24.3 Å². The molecule has 0 saturated carbocycles. The number of amides is 2. The fourth-order valence-corrected chi connectivity index (χ4v) is 3.62. The van der Waals surface area contributed by atoms with Crippen LogP contribution in [-0.4, -0.2) is 48.4 Å². The lowest BCUT2D eigenvalue weighted by Crippen LogP contribution is -2.48. The third-order valence-electron chi connectivity index (χ3n) is 4.01. The molecule has 0 bridgehead atoms. The van der Waals surface area contributed by atoms with Crippen LogP contribution in [0.4, 0.5) is 5.13 Å². The summed E-state index contributed by atoms with van der Waals surface area (Å²) >= 11 is 1.24. The van der Waals surface area contributed by atoms with Crippen LogP contribution in [-0.2, 0) is 4.79 Å². The molecule has 2 amide bonds. The van der Waals surface area contributed by atoms with Crippen LogP contribution in [0.15, 0.2) is 29.6 Å². The van der Waals surface area contributed by atoms with Gasteiger partial charge in [0.1, 0.15) is 11.4 Å². The monoisotopic (exact) mass is 360 g/mol. The van der Waals surface area contributed by atoms with Crippen molar-refractivity contribution in [2.75, 3.05) is 32.1 Å². The van der Waals surface area contributed by atoms with Crippen molar-refractivity contribution in [1.29, 1.82) is 0 Å². The van der Waals surface area contributed by atoms with Crippen LogP contribution in [0.25, 0.3) is 0 Å². The quantitative estimate of drug-likeness (QED) is 0.870. The molecule has 1 aliphatic rings. The first-order valence-electron chi connectivity index (χ1n) is 7.98. The minimum absolute atomic E-state index is 0.136. The van der Waals surface area contributed by atoms with Gasteiger partial charge in [-0.25, -0.2) is 4.98 Å². The highest BCUT2D eigenvalue weighted by Crippen LogP contribution is 2.31. The maximum atomic E-state index is 13.0. The summed E-state index contributed by atoms with van der Waals surface area (Å²) in [6.45, 7) is 3.36. The Morgan fingerprint density at radius 3 is 2.96 bits per heavy atom. The van der Waals surface area contributed by atoms with Gasteiger partial charge in [0.25, 0.3) is 5.91 Å². The van der Waals surface area contributed by atoms with E-state index in [9.17, 15) is 9.59 Å². The number of hydrogen-bond acceptors (Lipinski definition) is 6. The highest BCUT2D eigenvalue weighted by atomic mass is 32.1. The van der Waals surface area contributed by atoms with Crippen molar-refractivity contribution in [1.82, 2.24) is 15.2 Å². The molecule has 0 aliphatic carbocycles. The van der Waals surface area contributed by atoms with Gasteiger partial charge < -0.3 is 20.3 Å². The number of aromatic nitrogens is 1. The summed E-state index contributed by atoms with van der Waals surface area (Å²) in [4.78, 5) is 30.2. The van der Waals surface area contributed by atoms with Gasteiger partial charge >= 0.3 is 0 Å². The van der Waals surface area contributed by atoms with E-state index < -0.39 is 0 Å². The number of rotatable bonds is 4. The molecule has 1 atom stereocenters. The van der Waals surface area contributed by atoms with Crippen LogP contribution >= 0.6 is 11.3 Å². The van der Waals surface area contributed by atoms with Gasteiger partial charge in [0.2, 0.25) is 5.91 Å². The van der Waals surface area contributed by atoms with E-state index in [0.29, 0.717) is 23.9 Å². The summed E-state index contributed by atoms with van der Waals surface area (Å²) in [6, 6.07) is 7.58. The van der Waals surface area contributed by atoms with E-state index in [0.717, 1.165) is 17.9 Å². The number of para-hydroxylation sites is 1. The van der Waals surface area contributed by atoms with Crippen LogP contribution in [0, 0.1) is 0 Å². The number of thiazole rings is 1. The predicted molar refractivity (Wildman–Crippen MR) is 96.1 cm³/mol. The van der Waals surface area contributed by atoms with Crippen molar-refractivity contribution in [2.45, 2.75) is 13.0 Å². The van der Waals surface area contributed by atoms with Crippen LogP contribution < -0.4 is 15.4 Å². The number of nitrogens with one attached hydrogen (secondary N) is 2. The molecule has 132 valence electrons. The average Bonchev–Trinajstić information content (AvgIpc) is 3.08. The van der Waals surface area contributed by atoms with Crippen molar-refractivity contribution < 1.29 is 14.3 Å². The standard InChI is InChI=1S/C17H20N4O3S/c1-11(22)19-17-20-13(10-25-17)16(23)21-8-7-18-9-14(21)12-5-3-4-6-15(12)24-2/h3-6,10,14,18H,7-9H2,1-2H3,(H,19,20,22). The zero-order chi connectivity index (χ0) is 17.8. The molecular weight excluding hydrogens is 340 g/mol. The van der Waals surface area contributed by atoms with Gasteiger partial charge in [-0.1, -0.05) is 18.2 Å². The van der Waals surface area contributed by atoms with E-state index in [-0.39, 0.29) is 17.9 Å². The Hall–Kier alpha value is -2.45. The number of methoxy groups -OCH3 is 1. The Labute approximate surface area is 150 Å². The lowest BCUT2D eigenvalue weighted by molar-refractivity contribution is -0.114. The molecular formula is C17H20N4O3S. The second kappa shape index (κ2) is 7.62. The van der Waals surface area contributed by atoms with Gasteiger partial charge in [-0.2, -0.15) is 0 Å². The first-order chi connectivity index (χ1) is 12.1. The summed E-state index contributed by atoms with van der Waals surface area (Å²) in [5, 5.41) is 8.04. The van der Waals surface area contributed by atoms with Gasteiger partial charge in [0.05, 0.1) is 13.2 Å². The summed E-state index contributed by atoms with van der Waals surface area (Å²) in [7, 11) is 1.63. The van der Waals surface area contributed by atoms with Crippen LogP contribution in [0.1, 0.15) is 29.0 Å². The Bertz CT molecular complexity index is 777. The first-order valence-corrected chi connectivity index (χ1v) is 8.86. The van der Waals surface area contributed by atoms with Gasteiger partial charge in [0.15, 0.2) is 5.13 Å². The minimum atomic E-state index is -0.206. The summed E-state index contributed by atoms with van der Waals surface area (Å²) in [6.07, 6.45) is 0. The molecule has 1 saturated heterocycles. The van der Waals surface area contributed by atoms with Gasteiger partial charge in [-0.3, -0.25) is 9.59 Å². The zero-order valence-electron chi connectivity index (χ0n) is 14.1. The number of benzene rings is 1. The third-order valence-corrected chi connectivity index (χ3v) is 4.77. The van der Waals surface area contributed by atoms with Gasteiger partial charge in [0, 0.05) is 37.5 Å². The molecule has 1 aromatic heterocycles. The maximum absolute atomic E-state index is 13.0. The summed E-state index contributed by atoms with van der Waals surface area (Å²) in [5.41, 5.74) is 1.30. The molecule has 1 aromatic carbocycles. The molecule has 2 aromatic rings. The normalized spacial score (nSPS) is 17.2. The number of nitrogens with zero attached hydrogens (tertiary/aromatic N) is 2. The second-order valence-corrected chi connectivity index (χ2v) is 6.54. The first kappa shape index (κ1) is 17.4. The SMILES string of the molecule is COc1ccccc1C1CNCCN1C(=O)c1csc(NC(C)=O)n1. The van der Waals surface area contributed by atoms with Gasteiger partial charge in [-0.05, 0) is 6.07 Å². The lowest BCUT2D eigenvalue weighted by atomic mass is 10.0. The Balaban J connectivity index is 1.86. The van der Waals surface area contributed by atoms with E-state index in [2.05, 4.69) is 15.6 Å². The van der Waals surface area contributed by atoms with Crippen LogP contribution in [0.5, 0.6) is 5.75 Å². The largest absolute Gasteiger partial charge is 0.496 e. The lowest BCUT2D eigenvalue weighted by Gasteiger charge is -2.36. The van der Waals surface area contributed by atoms with Crippen molar-refractivity contribution in [3.05, 3.63) is 40.9 Å². The van der Waals surface area contributed by atoms with Crippen LogP contribution in [0.2, 0.25) is 0 Å². The van der Waals surface area contributed by atoms with Gasteiger partial charge in [-0.15, -0.1) is 11.3 Å². The molecule has 1 unspecified atom stereocenters. The van der Waals surface area contributed by atoms with Crippen molar-refractivity contribution >= 4 is 28.3 Å². The number of hydrogen-bond donors (Lipinski definition) is 2. The Morgan fingerprint density at radius 2 is 2.20 bits per heavy atom. The fraction of sp³-hybridized carbons (Fsp3) is 0.353. The zero-order valence-corrected chi connectivity index (χ0v) is 14.9. The molecule has 0 spiro atoms. The topological polar surface area (TPSA) is 83.6 Å². The number of carbonyl (C=O) groups excluding carboxylic acids is 2. The molecule has 3 rings (SSSR count). The smallest absolute Gasteiger partial charge is 0.274 e.